The number of carbonyl (C=O) groups is 3. The number of ether oxygens (including phenoxy) is 2. The minimum absolute atomic E-state index is 0.0352. The number of fused-ring (bicyclic) bond motifs is 1. The van der Waals surface area contributed by atoms with Crippen LogP contribution in [-0.4, -0.2) is 55.8 Å². The van der Waals surface area contributed by atoms with Crippen LogP contribution in [0.25, 0.3) is 0 Å². The quantitative estimate of drug-likeness (QED) is 0.190. The zero-order valence-corrected chi connectivity index (χ0v) is 25.6. The Hall–Kier alpha value is -5.06. The van der Waals surface area contributed by atoms with Gasteiger partial charge in [-0.3, -0.25) is 18.7 Å². The minimum atomic E-state index is -1.65. The molecule has 2 aliphatic heterocycles. The Morgan fingerprint density at radius 2 is 1.43 bits per heavy atom. The second-order valence-corrected chi connectivity index (χ2v) is 12.5. The molecule has 10 heteroatoms. The highest BCUT2D eigenvalue weighted by atomic mass is 32.2. The predicted octanol–water partition coefficient (Wildman–Crippen LogP) is 3.80. The fraction of sp³-hybridized carbons (Fsp3) is 0.194. The molecule has 4 aromatic rings. The number of amides is 2. The molecule has 1 unspecified atom stereocenters. The van der Waals surface area contributed by atoms with E-state index in [2.05, 4.69) is 5.32 Å². The number of hydrogen-bond acceptors (Lipinski definition) is 7. The lowest BCUT2D eigenvalue weighted by Gasteiger charge is -2.49. The summed E-state index contributed by atoms with van der Waals surface area (Å²) in [7, 11) is -1.65. The second kappa shape index (κ2) is 13.9. The summed E-state index contributed by atoms with van der Waals surface area (Å²) in [5.74, 6) is -1.29. The molecule has 6 rings (SSSR count). The molecule has 2 N–H and O–H groups in total. The summed E-state index contributed by atoms with van der Waals surface area (Å²) in [4.78, 5) is 41.8. The van der Waals surface area contributed by atoms with Gasteiger partial charge in [-0.05, 0) is 34.4 Å². The highest BCUT2D eigenvalue weighted by molar-refractivity contribution is 7.86. The van der Waals surface area contributed by atoms with Crippen LogP contribution < -0.4 is 10.1 Å². The van der Waals surface area contributed by atoms with E-state index in [1.807, 2.05) is 91.0 Å². The van der Waals surface area contributed by atoms with Gasteiger partial charge in [0.05, 0.1) is 29.6 Å². The van der Waals surface area contributed by atoms with Crippen LogP contribution in [0.1, 0.15) is 28.4 Å². The van der Waals surface area contributed by atoms with Crippen LogP contribution in [0.15, 0.2) is 127 Å². The molecule has 2 heterocycles. The Balaban J connectivity index is 1.29. The smallest absolute Gasteiger partial charge is 0.356 e. The Morgan fingerprint density at radius 1 is 0.848 bits per heavy atom. The molecule has 2 aliphatic rings. The fourth-order valence-corrected chi connectivity index (χ4v) is 7.23. The standard InChI is InChI=1S/C36H32N2O7S/c39-21-25-16-18-29(19-17-25)44-22-28-23-46(43)35-31(37-30(40)20-24-10-4-1-5-11-24)34(41)38(35)32(28)36(42)45-33(26-12-6-2-7-13-26)27-14-8-3-9-15-27/h1-19,31,33,35,39H,20-23H2,(H,37,40)/t31-,35-,46?/m1/s1. The summed E-state index contributed by atoms with van der Waals surface area (Å²) in [5.41, 5.74) is 3.26. The van der Waals surface area contributed by atoms with E-state index >= 15 is 0 Å². The largest absolute Gasteiger partial charge is 0.489 e. The summed E-state index contributed by atoms with van der Waals surface area (Å²) in [6, 6.07) is 33.4. The molecular weight excluding hydrogens is 604 g/mol. The summed E-state index contributed by atoms with van der Waals surface area (Å²) in [6.07, 6.45) is -0.724. The Bertz CT molecular complexity index is 1720. The molecule has 4 aromatic carbocycles. The van der Waals surface area contributed by atoms with E-state index in [9.17, 15) is 23.7 Å². The van der Waals surface area contributed by atoms with Crippen molar-refractivity contribution in [1.29, 1.82) is 0 Å². The van der Waals surface area contributed by atoms with Crippen molar-refractivity contribution in [2.24, 2.45) is 0 Å². The molecule has 2 amide bonds. The minimum Gasteiger partial charge on any atom is -0.489 e. The first-order chi connectivity index (χ1) is 22.4. The van der Waals surface area contributed by atoms with Crippen molar-refractivity contribution in [3.05, 3.63) is 149 Å². The van der Waals surface area contributed by atoms with E-state index in [1.165, 1.54) is 4.90 Å². The van der Waals surface area contributed by atoms with Gasteiger partial charge in [0.1, 0.15) is 29.5 Å². The van der Waals surface area contributed by atoms with E-state index in [0.717, 1.165) is 16.7 Å². The number of nitrogens with zero attached hydrogens (tertiary/aromatic N) is 1. The third-order valence-electron chi connectivity index (χ3n) is 7.87. The lowest BCUT2D eigenvalue weighted by molar-refractivity contribution is -0.155. The summed E-state index contributed by atoms with van der Waals surface area (Å²) >= 11 is 0. The molecule has 0 spiro atoms. The number of carbonyl (C=O) groups excluding carboxylic acids is 3. The first-order valence-electron chi connectivity index (χ1n) is 14.8. The van der Waals surface area contributed by atoms with Crippen molar-refractivity contribution in [2.45, 2.75) is 30.5 Å². The third-order valence-corrected chi connectivity index (χ3v) is 9.53. The van der Waals surface area contributed by atoms with Gasteiger partial charge in [-0.1, -0.05) is 103 Å². The zero-order valence-electron chi connectivity index (χ0n) is 24.8. The van der Waals surface area contributed by atoms with E-state index in [-0.39, 0.29) is 37.0 Å². The first-order valence-corrected chi connectivity index (χ1v) is 16.2. The number of esters is 1. The summed E-state index contributed by atoms with van der Waals surface area (Å²) in [5, 5.41) is 11.2. The zero-order chi connectivity index (χ0) is 32.0. The van der Waals surface area contributed by atoms with E-state index in [0.29, 0.717) is 16.9 Å². The predicted molar refractivity (Wildman–Crippen MR) is 171 cm³/mol. The van der Waals surface area contributed by atoms with Crippen LogP contribution in [0.3, 0.4) is 0 Å². The maximum Gasteiger partial charge on any atom is 0.356 e. The van der Waals surface area contributed by atoms with Crippen LogP contribution in [0.4, 0.5) is 0 Å². The molecule has 0 bridgehead atoms. The molecule has 9 nitrogen and oxygen atoms in total. The van der Waals surface area contributed by atoms with Gasteiger partial charge >= 0.3 is 5.97 Å². The Kier molecular flexibility index (Phi) is 9.37. The Labute approximate surface area is 268 Å². The van der Waals surface area contributed by atoms with Gasteiger partial charge in [-0.15, -0.1) is 0 Å². The molecular formula is C36H32N2O7S. The third kappa shape index (κ3) is 6.63. The normalized spacial score (nSPS) is 18.9. The van der Waals surface area contributed by atoms with Crippen molar-refractivity contribution in [3.63, 3.8) is 0 Å². The fourth-order valence-electron chi connectivity index (χ4n) is 5.57. The molecule has 0 saturated carbocycles. The molecule has 0 aliphatic carbocycles. The molecule has 0 aromatic heterocycles. The molecule has 1 fully saturated rings. The molecule has 1 saturated heterocycles. The van der Waals surface area contributed by atoms with Crippen molar-refractivity contribution in [3.8, 4) is 5.75 Å². The number of benzene rings is 4. The van der Waals surface area contributed by atoms with Crippen LogP contribution in [0.5, 0.6) is 5.75 Å². The number of nitrogens with one attached hydrogen (secondary N) is 1. The van der Waals surface area contributed by atoms with Crippen molar-refractivity contribution < 1.29 is 33.2 Å². The van der Waals surface area contributed by atoms with Crippen molar-refractivity contribution >= 4 is 28.6 Å². The van der Waals surface area contributed by atoms with Crippen molar-refractivity contribution in [1.82, 2.24) is 10.2 Å². The second-order valence-electron chi connectivity index (χ2n) is 11.0. The Morgan fingerprint density at radius 3 is 2.02 bits per heavy atom. The maximum absolute atomic E-state index is 14.1. The lowest BCUT2D eigenvalue weighted by atomic mass is 10.0. The van der Waals surface area contributed by atoms with Gasteiger partial charge in [0, 0.05) is 5.57 Å². The summed E-state index contributed by atoms with van der Waals surface area (Å²) < 4.78 is 25.7. The molecule has 0 radical (unpaired) electrons. The van der Waals surface area contributed by atoms with E-state index in [1.54, 1.807) is 24.3 Å². The van der Waals surface area contributed by atoms with E-state index in [4.69, 9.17) is 9.47 Å². The molecule has 234 valence electrons. The van der Waals surface area contributed by atoms with Gasteiger partial charge in [0.2, 0.25) is 5.91 Å². The topological polar surface area (TPSA) is 122 Å². The van der Waals surface area contributed by atoms with Crippen LogP contribution >= 0.6 is 0 Å². The highest BCUT2D eigenvalue weighted by Gasteiger charge is 2.57. The average molecular weight is 637 g/mol. The van der Waals surface area contributed by atoms with Gasteiger partial charge < -0.3 is 19.9 Å². The van der Waals surface area contributed by atoms with Gasteiger partial charge in [0.25, 0.3) is 5.91 Å². The first kappa shape index (κ1) is 30.9. The SMILES string of the molecule is O=C(Cc1ccccc1)N[C@@H]1C(=O)N2C(C(=O)OC(c3ccccc3)c3ccccc3)=C(COc3ccc(CO)cc3)CS(=O)[C@H]12. The number of hydrogen-bond donors (Lipinski definition) is 2. The maximum atomic E-state index is 14.1. The lowest BCUT2D eigenvalue weighted by Crippen LogP contribution is -2.73. The van der Waals surface area contributed by atoms with Crippen LogP contribution in [-0.2, 0) is 42.9 Å². The van der Waals surface area contributed by atoms with Crippen molar-refractivity contribution in [2.75, 3.05) is 12.4 Å². The molecule has 3 atom stereocenters. The number of aliphatic hydroxyl groups is 1. The number of rotatable bonds is 11. The number of β-lactam (4-membered cyclic amide) rings is 1. The van der Waals surface area contributed by atoms with Gasteiger partial charge in [-0.25, -0.2) is 4.79 Å². The number of aliphatic hydroxyl groups excluding tert-OH is 1. The molecule has 46 heavy (non-hydrogen) atoms. The monoisotopic (exact) mass is 636 g/mol. The van der Waals surface area contributed by atoms with Gasteiger partial charge in [-0.2, -0.15) is 0 Å². The van der Waals surface area contributed by atoms with E-state index < -0.39 is 40.2 Å². The van der Waals surface area contributed by atoms with Crippen LogP contribution in [0, 0.1) is 0 Å². The summed E-state index contributed by atoms with van der Waals surface area (Å²) in [6.45, 7) is -0.247. The highest BCUT2D eigenvalue weighted by Crippen LogP contribution is 2.37. The van der Waals surface area contributed by atoms with Gasteiger partial charge in [0.15, 0.2) is 6.10 Å². The average Bonchev–Trinajstić information content (AvgIpc) is 3.09. The van der Waals surface area contributed by atoms with Crippen LogP contribution in [0.2, 0.25) is 0 Å².